The van der Waals surface area contributed by atoms with E-state index in [1.165, 1.54) is 23.2 Å². The molecule has 1 heterocycles. The summed E-state index contributed by atoms with van der Waals surface area (Å²) in [6, 6.07) is 3.07. The number of aromatic nitrogens is 2. The maximum atomic E-state index is 12.5. The highest BCUT2D eigenvalue weighted by molar-refractivity contribution is 5.92. The van der Waals surface area contributed by atoms with Crippen LogP contribution in [-0.2, 0) is 11.3 Å². The molecule has 0 aliphatic heterocycles. The molecule has 1 aliphatic rings. The third-order valence-corrected chi connectivity index (χ3v) is 5.69. The molecular weight excluding hydrogens is 318 g/mol. The van der Waals surface area contributed by atoms with Crippen LogP contribution in [0.1, 0.15) is 63.4 Å². The molecule has 0 bridgehead atoms. The van der Waals surface area contributed by atoms with E-state index in [2.05, 4.69) is 31.2 Å². The molecule has 1 amide bonds. The van der Waals surface area contributed by atoms with Crippen molar-refractivity contribution < 1.29 is 9.53 Å². The fourth-order valence-corrected chi connectivity index (χ4v) is 3.48. The van der Waals surface area contributed by atoms with Gasteiger partial charge in [0, 0.05) is 19.2 Å². The van der Waals surface area contributed by atoms with E-state index in [0.29, 0.717) is 18.6 Å². The van der Waals surface area contributed by atoms with Gasteiger partial charge in [0.2, 0.25) is 0 Å². The number of rotatable bonds is 7. The summed E-state index contributed by atoms with van der Waals surface area (Å²) in [5.41, 5.74) is 0.426. The van der Waals surface area contributed by atoms with Crippen LogP contribution in [-0.4, -0.2) is 35.4 Å². The van der Waals surface area contributed by atoms with E-state index in [1.807, 2.05) is 0 Å². The molecule has 0 atom stereocenters. The van der Waals surface area contributed by atoms with Crippen molar-refractivity contribution in [2.24, 2.45) is 11.3 Å². The van der Waals surface area contributed by atoms with Crippen molar-refractivity contribution in [2.45, 2.75) is 65.5 Å². The van der Waals surface area contributed by atoms with E-state index in [0.717, 1.165) is 31.6 Å². The van der Waals surface area contributed by atoms with Crippen molar-refractivity contribution in [1.82, 2.24) is 15.1 Å². The Balaban J connectivity index is 1.94. The molecule has 1 saturated carbocycles. The zero-order chi connectivity index (χ0) is 18.4. The van der Waals surface area contributed by atoms with Crippen LogP contribution >= 0.6 is 0 Å². The summed E-state index contributed by atoms with van der Waals surface area (Å²) in [7, 11) is 1.57. The van der Waals surface area contributed by atoms with Gasteiger partial charge in [0.05, 0.1) is 13.2 Å². The van der Waals surface area contributed by atoms with Crippen LogP contribution in [0.3, 0.4) is 0 Å². The Labute approximate surface area is 150 Å². The van der Waals surface area contributed by atoms with Gasteiger partial charge in [-0.3, -0.25) is 9.59 Å². The predicted octanol–water partition coefficient (Wildman–Crippen LogP) is 2.61. The Kier molecular flexibility index (Phi) is 6.76. The summed E-state index contributed by atoms with van der Waals surface area (Å²) < 4.78 is 6.25. The van der Waals surface area contributed by atoms with Crippen molar-refractivity contribution >= 4 is 5.91 Å². The van der Waals surface area contributed by atoms with Crippen molar-refractivity contribution in [3.63, 3.8) is 0 Å². The molecule has 6 heteroatoms. The molecule has 25 heavy (non-hydrogen) atoms. The van der Waals surface area contributed by atoms with E-state index < -0.39 is 0 Å². The van der Waals surface area contributed by atoms with Crippen molar-refractivity contribution in [3.8, 4) is 0 Å². The smallest absolute Gasteiger partial charge is 0.271 e. The number of carbonyl (C=O) groups excluding carboxylic acids is 1. The predicted molar refractivity (Wildman–Crippen MR) is 97.7 cm³/mol. The third kappa shape index (κ3) is 5.14. The standard InChI is InChI=1S/C19H31N3O3/c1-5-19(2,3)14-6-8-15(9-7-14)20-18(24)16-10-11-17(23)22(21-16)12-13-25-4/h10-11,14-15H,5-9,12-13H2,1-4H3,(H,20,24). The molecule has 0 radical (unpaired) electrons. The number of amides is 1. The van der Waals surface area contributed by atoms with Gasteiger partial charge in [0.1, 0.15) is 5.69 Å². The fourth-order valence-electron chi connectivity index (χ4n) is 3.48. The molecule has 0 spiro atoms. The van der Waals surface area contributed by atoms with Gasteiger partial charge >= 0.3 is 0 Å². The number of nitrogens with one attached hydrogen (secondary N) is 1. The van der Waals surface area contributed by atoms with Gasteiger partial charge < -0.3 is 10.1 Å². The minimum Gasteiger partial charge on any atom is -0.383 e. The lowest BCUT2D eigenvalue weighted by atomic mass is 9.69. The molecule has 1 aromatic heterocycles. The second-order valence-corrected chi connectivity index (χ2v) is 7.64. The molecule has 1 N–H and O–H groups in total. The molecule has 2 rings (SSSR count). The number of carbonyl (C=O) groups is 1. The van der Waals surface area contributed by atoms with Crippen LogP contribution in [0.2, 0.25) is 0 Å². The SMILES string of the molecule is CCC(C)(C)C1CCC(NC(=O)c2ccc(=O)n(CCOC)n2)CC1. The minimum atomic E-state index is -0.226. The highest BCUT2D eigenvalue weighted by Gasteiger charge is 2.32. The Morgan fingerprint density at radius 3 is 2.60 bits per heavy atom. The monoisotopic (exact) mass is 349 g/mol. The van der Waals surface area contributed by atoms with E-state index >= 15 is 0 Å². The van der Waals surface area contributed by atoms with Crippen LogP contribution in [0.25, 0.3) is 0 Å². The summed E-state index contributed by atoms with van der Waals surface area (Å²) in [4.78, 5) is 24.2. The van der Waals surface area contributed by atoms with E-state index in [4.69, 9.17) is 4.74 Å². The average Bonchev–Trinajstić information content (AvgIpc) is 2.61. The largest absolute Gasteiger partial charge is 0.383 e. The Morgan fingerprint density at radius 1 is 1.32 bits per heavy atom. The summed E-state index contributed by atoms with van der Waals surface area (Å²) in [5.74, 6) is 0.518. The maximum Gasteiger partial charge on any atom is 0.271 e. The lowest BCUT2D eigenvalue weighted by Crippen LogP contribution is -2.40. The van der Waals surface area contributed by atoms with Gasteiger partial charge in [-0.25, -0.2) is 4.68 Å². The number of hydrogen-bond donors (Lipinski definition) is 1. The van der Waals surface area contributed by atoms with E-state index in [-0.39, 0.29) is 23.2 Å². The first-order valence-electron chi connectivity index (χ1n) is 9.25. The number of ether oxygens (including phenoxy) is 1. The topological polar surface area (TPSA) is 73.2 Å². The lowest BCUT2D eigenvalue weighted by Gasteiger charge is -2.39. The fraction of sp³-hybridized carbons (Fsp3) is 0.737. The summed E-state index contributed by atoms with van der Waals surface area (Å²) in [6.45, 7) is 7.65. The second-order valence-electron chi connectivity index (χ2n) is 7.64. The molecule has 1 aromatic rings. The van der Waals surface area contributed by atoms with Crippen LogP contribution in [0.15, 0.2) is 16.9 Å². The molecule has 1 aliphatic carbocycles. The molecule has 0 aromatic carbocycles. The first kappa shape index (κ1) is 19.6. The molecule has 6 nitrogen and oxygen atoms in total. The van der Waals surface area contributed by atoms with Crippen LogP contribution in [0.4, 0.5) is 0 Å². The summed E-state index contributed by atoms with van der Waals surface area (Å²) in [5, 5.41) is 7.23. The van der Waals surface area contributed by atoms with Crippen LogP contribution in [0, 0.1) is 11.3 Å². The molecular formula is C19H31N3O3. The molecule has 1 fully saturated rings. The van der Waals surface area contributed by atoms with Gasteiger partial charge in [-0.2, -0.15) is 5.10 Å². The minimum absolute atomic E-state index is 0.192. The lowest BCUT2D eigenvalue weighted by molar-refractivity contribution is 0.0885. The first-order chi connectivity index (χ1) is 11.9. The zero-order valence-corrected chi connectivity index (χ0v) is 15.9. The Hall–Kier alpha value is -1.69. The summed E-state index contributed by atoms with van der Waals surface area (Å²) >= 11 is 0. The Morgan fingerprint density at radius 2 is 2.00 bits per heavy atom. The molecule has 0 unspecified atom stereocenters. The first-order valence-corrected chi connectivity index (χ1v) is 9.25. The van der Waals surface area contributed by atoms with Gasteiger partial charge in [0.25, 0.3) is 11.5 Å². The summed E-state index contributed by atoms with van der Waals surface area (Å²) in [6.07, 6.45) is 5.48. The number of nitrogens with zero attached hydrogens (tertiary/aromatic N) is 2. The molecule has 140 valence electrons. The highest BCUT2D eigenvalue weighted by Crippen LogP contribution is 2.40. The zero-order valence-electron chi connectivity index (χ0n) is 15.9. The van der Waals surface area contributed by atoms with Gasteiger partial charge in [-0.05, 0) is 43.1 Å². The van der Waals surface area contributed by atoms with Crippen molar-refractivity contribution in [3.05, 3.63) is 28.2 Å². The molecule has 0 saturated heterocycles. The van der Waals surface area contributed by atoms with Crippen molar-refractivity contribution in [1.29, 1.82) is 0 Å². The van der Waals surface area contributed by atoms with Gasteiger partial charge in [-0.1, -0.05) is 27.2 Å². The second kappa shape index (κ2) is 8.61. The average molecular weight is 349 g/mol. The quantitative estimate of drug-likeness (QED) is 0.821. The van der Waals surface area contributed by atoms with Crippen LogP contribution < -0.4 is 10.9 Å². The highest BCUT2D eigenvalue weighted by atomic mass is 16.5. The Bertz CT molecular complexity index is 631. The van der Waals surface area contributed by atoms with Crippen molar-refractivity contribution in [2.75, 3.05) is 13.7 Å². The van der Waals surface area contributed by atoms with E-state index in [1.54, 1.807) is 7.11 Å². The number of hydrogen-bond acceptors (Lipinski definition) is 4. The third-order valence-electron chi connectivity index (χ3n) is 5.69. The van der Waals surface area contributed by atoms with Gasteiger partial charge in [-0.15, -0.1) is 0 Å². The van der Waals surface area contributed by atoms with Crippen LogP contribution in [0.5, 0.6) is 0 Å². The normalized spacial score (nSPS) is 21.1. The van der Waals surface area contributed by atoms with E-state index in [9.17, 15) is 9.59 Å². The van der Waals surface area contributed by atoms with Gasteiger partial charge in [0.15, 0.2) is 0 Å². The number of methoxy groups -OCH3 is 1. The maximum absolute atomic E-state index is 12.5.